The lowest BCUT2D eigenvalue weighted by Crippen LogP contribution is -2.39. The van der Waals surface area contributed by atoms with E-state index in [1.54, 1.807) is 11.3 Å². The Bertz CT molecular complexity index is 621. The number of para-hydroxylation sites is 1. The van der Waals surface area contributed by atoms with Crippen LogP contribution in [0, 0.1) is 6.92 Å². The fourth-order valence-corrected chi connectivity index (χ4v) is 3.63. The smallest absolute Gasteiger partial charge is 0.124 e. The van der Waals surface area contributed by atoms with Crippen molar-refractivity contribution in [2.45, 2.75) is 45.3 Å². The van der Waals surface area contributed by atoms with E-state index in [4.69, 9.17) is 4.74 Å². The van der Waals surface area contributed by atoms with Crippen molar-refractivity contribution >= 4 is 11.3 Å². The second-order valence-electron chi connectivity index (χ2n) is 6.24. The van der Waals surface area contributed by atoms with Gasteiger partial charge >= 0.3 is 0 Å². The van der Waals surface area contributed by atoms with Gasteiger partial charge in [-0.1, -0.05) is 18.2 Å². The summed E-state index contributed by atoms with van der Waals surface area (Å²) in [5.74, 6) is 1.01. The van der Waals surface area contributed by atoms with Gasteiger partial charge in [0.05, 0.1) is 5.01 Å². The molecule has 112 valence electrons. The summed E-state index contributed by atoms with van der Waals surface area (Å²) >= 11 is 1.75. The first-order chi connectivity index (χ1) is 10.0. The number of aryl methyl sites for hydroxylation is 1. The normalized spacial score (nSPS) is 19.9. The number of nitrogens with one attached hydrogen (secondary N) is 1. The van der Waals surface area contributed by atoms with E-state index in [1.165, 1.54) is 10.6 Å². The van der Waals surface area contributed by atoms with Crippen LogP contribution in [0.15, 0.2) is 29.6 Å². The molecule has 0 saturated heterocycles. The molecule has 1 aromatic heterocycles. The molecule has 4 heteroatoms. The van der Waals surface area contributed by atoms with Crippen LogP contribution in [-0.2, 0) is 6.42 Å². The third-order valence-electron chi connectivity index (χ3n) is 3.77. The molecule has 1 N–H and O–H groups in total. The van der Waals surface area contributed by atoms with Gasteiger partial charge in [0.25, 0.3) is 0 Å². The molecule has 1 unspecified atom stereocenters. The Labute approximate surface area is 130 Å². The third kappa shape index (κ3) is 3.44. The predicted molar refractivity (Wildman–Crippen MR) is 87.1 cm³/mol. The molecule has 0 bridgehead atoms. The third-order valence-corrected chi connectivity index (χ3v) is 4.80. The number of ether oxygens (including phenoxy) is 1. The number of hydrogen-bond acceptors (Lipinski definition) is 4. The fraction of sp³-hybridized carbons (Fsp3) is 0.471. The molecule has 1 aliphatic rings. The van der Waals surface area contributed by atoms with E-state index in [-0.39, 0.29) is 5.60 Å². The lowest BCUT2D eigenvalue weighted by Gasteiger charge is -2.38. The quantitative estimate of drug-likeness (QED) is 0.930. The van der Waals surface area contributed by atoms with Crippen molar-refractivity contribution in [2.24, 2.45) is 0 Å². The van der Waals surface area contributed by atoms with E-state index < -0.39 is 0 Å². The van der Waals surface area contributed by atoms with Crippen molar-refractivity contribution in [1.82, 2.24) is 10.3 Å². The summed E-state index contributed by atoms with van der Waals surface area (Å²) in [6, 6.07) is 8.70. The highest BCUT2D eigenvalue weighted by Gasteiger charge is 2.33. The molecule has 3 nitrogen and oxygen atoms in total. The summed E-state index contributed by atoms with van der Waals surface area (Å²) in [5.41, 5.74) is 2.27. The number of rotatable bonds is 4. The second-order valence-corrected chi connectivity index (χ2v) is 7.19. The second kappa shape index (κ2) is 5.78. The summed E-state index contributed by atoms with van der Waals surface area (Å²) < 4.78 is 6.07. The van der Waals surface area contributed by atoms with Gasteiger partial charge in [0.1, 0.15) is 11.4 Å². The summed E-state index contributed by atoms with van der Waals surface area (Å²) in [6.07, 6.45) is 1.97. The van der Waals surface area contributed by atoms with Gasteiger partial charge in [-0.25, -0.2) is 4.98 Å². The van der Waals surface area contributed by atoms with Crippen LogP contribution in [0.1, 0.15) is 42.6 Å². The number of benzene rings is 1. The first kappa shape index (κ1) is 14.5. The Morgan fingerprint density at radius 1 is 1.38 bits per heavy atom. The zero-order valence-corrected chi connectivity index (χ0v) is 13.7. The molecule has 1 atom stereocenters. The number of aromatic nitrogens is 1. The molecule has 21 heavy (non-hydrogen) atoms. The molecule has 2 heterocycles. The lowest BCUT2D eigenvalue weighted by molar-refractivity contribution is 0.0662. The topological polar surface area (TPSA) is 34.1 Å². The Hall–Kier alpha value is -1.39. The minimum absolute atomic E-state index is 0.121. The molecule has 0 amide bonds. The molecule has 0 aliphatic carbocycles. The van der Waals surface area contributed by atoms with Gasteiger partial charge in [-0.3, -0.25) is 0 Å². The summed E-state index contributed by atoms with van der Waals surface area (Å²) in [4.78, 5) is 4.52. The van der Waals surface area contributed by atoms with Crippen molar-refractivity contribution in [2.75, 3.05) is 6.54 Å². The van der Waals surface area contributed by atoms with Crippen molar-refractivity contribution < 1.29 is 4.74 Å². The van der Waals surface area contributed by atoms with Crippen LogP contribution in [0.3, 0.4) is 0 Å². The van der Waals surface area contributed by atoms with Crippen LogP contribution in [0.4, 0.5) is 0 Å². The van der Waals surface area contributed by atoms with Crippen LogP contribution in [0.2, 0.25) is 0 Å². The summed E-state index contributed by atoms with van der Waals surface area (Å²) in [7, 11) is 0. The van der Waals surface area contributed by atoms with Crippen LogP contribution in [0.5, 0.6) is 5.75 Å². The highest BCUT2D eigenvalue weighted by atomic mass is 32.1. The molecule has 1 aliphatic heterocycles. The van der Waals surface area contributed by atoms with Crippen molar-refractivity contribution in [3.05, 3.63) is 45.9 Å². The van der Waals surface area contributed by atoms with E-state index in [9.17, 15) is 0 Å². The van der Waals surface area contributed by atoms with E-state index in [0.717, 1.165) is 30.8 Å². The van der Waals surface area contributed by atoms with Gasteiger partial charge in [0.15, 0.2) is 0 Å². The maximum Gasteiger partial charge on any atom is 0.124 e. The highest BCUT2D eigenvalue weighted by Crippen LogP contribution is 2.39. The number of thiazole rings is 1. The largest absolute Gasteiger partial charge is 0.487 e. The predicted octanol–water partition coefficient (Wildman–Crippen LogP) is 3.89. The van der Waals surface area contributed by atoms with Gasteiger partial charge < -0.3 is 10.1 Å². The average Bonchev–Trinajstić information content (AvgIpc) is 2.83. The first-order valence-electron chi connectivity index (χ1n) is 7.46. The van der Waals surface area contributed by atoms with Crippen LogP contribution < -0.4 is 10.1 Å². The van der Waals surface area contributed by atoms with Gasteiger partial charge in [-0.05, 0) is 26.8 Å². The molecule has 1 aromatic carbocycles. The number of fused-ring (bicyclic) bond motifs is 1. The van der Waals surface area contributed by atoms with E-state index in [0.29, 0.717) is 6.04 Å². The first-order valence-corrected chi connectivity index (χ1v) is 8.34. The van der Waals surface area contributed by atoms with E-state index in [2.05, 4.69) is 47.7 Å². The van der Waals surface area contributed by atoms with E-state index >= 15 is 0 Å². The minimum atomic E-state index is -0.121. The standard InChI is InChI=1S/C17H22N2OS/c1-12-11-21-16(19-12)8-9-18-14-10-17(2,3)20-15-7-5-4-6-13(14)15/h4-7,11,14,18H,8-10H2,1-3H3. The van der Waals surface area contributed by atoms with Crippen LogP contribution in [0.25, 0.3) is 0 Å². The monoisotopic (exact) mass is 302 g/mol. The zero-order valence-electron chi connectivity index (χ0n) is 12.8. The van der Waals surface area contributed by atoms with Crippen LogP contribution >= 0.6 is 11.3 Å². The molecule has 2 aromatic rings. The minimum Gasteiger partial charge on any atom is -0.487 e. The molecular formula is C17H22N2OS. The molecule has 0 spiro atoms. The van der Waals surface area contributed by atoms with Gasteiger partial charge in [-0.2, -0.15) is 0 Å². The highest BCUT2D eigenvalue weighted by molar-refractivity contribution is 7.09. The Balaban J connectivity index is 1.67. The number of nitrogens with zero attached hydrogens (tertiary/aromatic N) is 1. The SMILES string of the molecule is Cc1csc(CCNC2CC(C)(C)Oc3ccccc32)n1. The molecule has 0 radical (unpaired) electrons. The average molecular weight is 302 g/mol. The van der Waals surface area contributed by atoms with Crippen molar-refractivity contribution in [3.63, 3.8) is 0 Å². The maximum atomic E-state index is 6.07. The molecular weight excluding hydrogens is 280 g/mol. The summed E-state index contributed by atoms with van der Waals surface area (Å²) in [6.45, 7) is 7.30. The maximum absolute atomic E-state index is 6.07. The zero-order chi connectivity index (χ0) is 14.9. The molecule has 3 rings (SSSR count). The Morgan fingerprint density at radius 2 is 2.19 bits per heavy atom. The lowest BCUT2D eigenvalue weighted by atomic mass is 9.89. The molecule has 0 saturated carbocycles. The number of hydrogen-bond donors (Lipinski definition) is 1. The van der Waals surface area contributed by atoms with Gasteiger partial charge in [0.2, 0.25) is 0 Å². The van der Waals surface area contributed by atoms with Crippen LogP contribution in [-0.4, -0.2) is 17.1 Å². The van der Waals surface area contributed by atoms with Gasteiger partial charge in [0, 0.05) is 42.1 Å². The van der Waals surface area contributed by atoms with Crippen molar-refractivity contribution in [1.29, 1.82) is 0 Å². The van der Waals surface area contributed by atoms with E-state index in [1.807, 2.05) is 13.0 Å². The molecule has 0 fully saturated rings. The summed E-state index contributed by atoms with van der Waals surface area (Å²) in [5, 5.41) is 7.00. The van der Waals surface area contributed by atoms with Crippen molar-refractivity contribution in [3.8, 4) is 5.75 Å². The Kier molecular flexibility index (Phi) is 4.00. The van der Waals surface area contributed by atoms with Gasteiger partial charge in [-0.15, -0.1) is 11.3 Å². The Morgan fingerprint density at radius 3 is 2.95 bits per heavy atom. The fourth-order valence-electron chi connectivity index (χ4n) is 2.86.